The maximum Gasteiger partial charge on any atom is 0.151 e. The average molecular weight is 488 g/mol. The second kappa shape index (κ2) is 9.64. The Morgan fingerprint density at radius 2 is 1.64 bits per heavy atom. The molecule has 0 unspecified atom stereocenters. The first kappa shape index (κ1) is 25.0. The van der Waals surface area contributed by atoms with Gasteiger partial charge in [0.1, 0.15) is 5.75 Å². The largest absolute Gasteiger partial charge is 0.507 e. The Kier molecular flexibility index (Phi) is 6.69. The second-order valence-electron chi connectivity index (χ2n) is 12.2. The van der Waals surface area contributed by atoms with Crippen molar-refractivity contribution in [1.82, 2.24) is 20.4 Å². The molecule has 5 rings (SSSR count). The van der Waals surface area contributed by atoms with E-state index < -0.39 is 0 Å². The van der Waals surface area contributed by atoms with E-state index in [-0.39, 0.29) is 16.8 Å². The van der Waals surface area contributed by atoms with Crippen molar-refractivity contribution in [2.45, 2.75) is 83.5 Å². The highest BCUT2D eigenvalue weighted by Gasteiger charge is 2.39. The van der Waals surface area contributed by atoms with E-state index in [0.29, 0.717) is 11.7 Å². The van der Waals surface area contributed by atoms with Crippen molar-refractivity contribution in [1.29, 1.82) is 0 Å². The predicted molar refractivity (Wildman–Crippen MR) is 148 cm³/mol. The summed E-state index contributed by atoms with van der Waals surface area (Å²) in [4.78, 5) is 4.78. The van der Waals surface area contributed by atoms with Crippen LogP contribution in [0.1, 0.15) is 65.4 Å². The smallest absolute Gasteiger partial charge is 0.151 e. The van der Waals surface area contributed by atoms with Crippen molar-refractivity contribution < 1.29 is 5.11 Å². The summed E-state index contributed by atoms with van der Waals surface area (Å²) in [6.45, 7) is 12.4. The van der Waals surface area contributed by atoms with Crippen LogP contribution in [-0.4, -0.2) is 57.5 Å². The topological polar surface area (TPSA) is 64.5 Å². The monoisotopic (exact) mass is 487 g/mol. The molecule has 0 amide bonds. The van der Waals surface area contributed by atoms with Gasteiger partial charge in [-0.2, -0.15) is 0 Å². The van der Waals surface area contributed by atoms with Crippen LogP contribution in [0.15, 0.2) is 42.5 Å². The van der Waals surface area contributed by atoms with Gasteiger partial charge in [0.05, 0.1) is 5.69 Å². The van der Waals surface area contributed by atoms with Crippen LogP contribution in [0, 0.1) is 0 Å². The van der Waals surface area contributed by atoms with Crippen molar-refractivity contribution in [3.8, 4) is 17.0 Å². The maximum atomic E-state index is 10.9. The number of fused-ring (bicyclic) bond motifs is 1. The lowest BCUT2D eigenvalue weighted by Gasteiger charge is -2.49. The molecule has 3 aromatic rings. The number of aromatic hydroxyl groups is 1. The number of hydrogen-bond acceptors (Lipinski definition) is 6. The zero-order valence-electron chi connectivity index (χ0n) is 22.5. The summed E-state index contributed by atoms with van der Waals surface area (Å²) in [6, 6.07) is 14.9. The molecule has 0 aliphatic carbocycles. The van der Waals surface area contributed by atoms with E-state index in [0.717, 1.165) is 41.5 Å². The quantitative estimate of drug-likeness (QED) is 0.479. The molecule has 2 N–H and O–H groups in total. The third-order valence-corrected chi connectivity index (χ3v) is 7.88. The molecular formula is C30H41N5O. The lowest BCUT2D eigenvalue weighted by molar-refractivity contribution is 0.160. The van der Waals surface area contributed by atoms with E-state index in [1.807, 2.05) is 24.3 Å². The Labute approximate surface area is 215 Å². The molecule has 2 aliphatic heterocycles. The molecule has 2 aliphatic rings. The number of nitrogens with one attached hydrogen (secondary N) is 1. The first-order valence-corrected chi connectivity index (χ1v) is 13.4. The zero-order valence-corrected chi connectivity index (χ0v) is 22.5. The molecule has 36 heavy (non-hydrogen) atoms. The van der Waals surface area contributed by atoms with E-state index >= 15 is 0 Å². The van der Waals surface area contributed by atoms with Gasteiger partial charge >= 0.3 is 0 Å². The normalized spacial score (nSPS) is 20.5. The number of piperidine rings is 2. The molecule has 192 valence electrons. The summed E-state index contributed by atoms with van der Waals surface area (Å²) in [7, 11) is 2.11. The SMILES string of the molecule is CN(c1ccc(-c2cc3ccc(CN4CCCCC4)cc3cc2O)nn1)C1CC(C)(C)NC(C)(C)C1. The number of anilines is 1. The van der Waals surface area contributed by atoms with Crippen LogP contribution in [0.5, 0.6) is 5.75 Å². The van der Waals surface area contributed by atoms with Crippen LogP contribution in [0.25, 0.3) is 22.0 Å². The van der Waals surface area contributed by atoms with Gasteiger partial charge in [-0.25, -0.2) is 0 Å². The fraction of sp³-hybridized carbons (Fsp3) is 0.533. The molecule has 0 radical (unpaired) electrons. The van der Waals surface area contributed by atoms with Gasteiger partial charge < -0.3 is 15.3 Å². The summed E-state index contributed by atoms with van der Waals surface area (Å²) in [5, 5.41) is 25.9. The van der Waals surface area contributed by atoms with Gasteiger partial charge in [0.2, 0.25) is 0 Å². The van der Waals surface area contributed by atoms with Crippen molar-refractivity contribution in [3.05, 3.63) is 48.0 Å². The summed E-state index contributed by atoms with van der Waals surface area (Å²) >= 11 is 0. The van der Waals surface area contributed by atoms with Gasteiger partial charge in [-0.15, -0.1) is 10.2 Å². The van der Waals surface area contributed by atoms with Gasteiger partial charge in [-0.3, -0.25) is 4.90 Å². The second-order valence-corrected chi connectivity index (χ2v) is 12.2. The molecule has 2 fully saturated rings. The van der Waals surface area contributed by atoms with Crippen molar-refractivity contribution in [2.24, 2.45) is 0 Å². The lowest BCUT2D eigenvalue weighted by atomic mass is 9.79. The average Bonchev–Trinajstić information content (AvgIpc) is 2.82. The summed E-state index contributed by atoms with van der Waals surface area (Å²) < 4.78 is 0. The Morgan fingerprint density at radius 1 is 0.917 bits per heavy atom. The Balaban J connectivity index is 1.34. The van der Waals surface area contributed by atoms with Crippen LogP contribution < -0.4 is 10.2 Å². The van der Waals surface area contributed by atoms with Crippen molar-refractivity contribution in [2.75, 3.05) is 25.0 Å². The van der Waals surface area contributed by atoms with Crippen LogP contribution in [0.2, 0.25) is 0 Å². The zero-order chi connectivity index (χ0) is 25.5. The standard InChI is InChI=1S/C30H41N5O/c1-29(2)18-24(19-30(3,4)33-29)34(5)28-12-11-26(31-32-28)25-16-22-10-9-21(15-23(22)17-27(25)36)20-35-13-7-6-8-14-35/h9-12,15-17,24,33,36H,6-8,13-14,18-20H2,1-5H3. The third kappa shape index (κ3) is 5.50. The van der Waals surface area contributed by atoms with Gasteiger partial charge in [0, 0.05) is 36.3 Å². The number of phenolic OH excluding ortho intramolecular Hbond substituents is 1. The van der Waals surface area contributed by atoms with Gasteiger partial charge in [-0.1, -0.05) is 18.6 Å². The van der Waals surface area contributed by atoms with Crippen LogP contribution in [0.3, 0.4) is 0 Å². The number of phenols is 1. The van der Waals surface area contributed by atoms with Crippen molar-refractivity contribution >= 4 is 16.6 Å². The number of rotatable bonds is 5. The fourth-order valence-electron chi connectivity index (χ4n) is 6.40. The third-order valence-electron chi connectivity index (χ3n) is 7.88. The first-order chi connectivity index (χ1) is 17.1. The highest BCUT2D eigenvalue weighted by molar-refractivity contribution is 5.90. The van der Waals surface area contributed by atoms with Gasteiger partial charge in [-0.05, 0) is 113 Å². The molecule has 0 saturated carbocycles. The number of benzene rings is 2. The fourth-order valence-corrected chi connectivity index (χ4v) is 6.40. The number of nitrogens with zero attached hydrogens (tertiary/aromatic N) is 4. The molecule has 0 spiro atoms. The van der Waals surface area contributed by atoms with Crippen LogP contribution in [0.4, 0.5) is 5.82 Å². The predicted octanol–water partition coefficient (Wildman–Crippen LogP) is 5.73. The summed E-state index contributed by atoms with van der Waals surface area (Å²) in [6.07, 6.45) is 6.02. The molecule has 0 atom stereocenters. The maximum absolute atomic E-state index is 10.9. The minimum absolute atomic E-state index is 0.0680. The number of aromatic nitrogens is 2. The Bertz CT molecular complexity index is 1200. The molecule has 3 heterocycles. The first-order valence-electron chi connectivity index (χ1n) is 13.4. The minimum Gasteiger partial charge on any atom is -0.507 e. The van der Waals surface area contributed by atoms with E-state index in [1.165, 1.54) is 37.9 Å². The lowest BCUT2D eigenvalue weighted by Crippen LogP contribution is -2.62. The number of hydrogen-bond donors (Lipinski definition) is 2. The van der Waals surface area contributed by atoms with E-state index in [1.54, 1.807) is 0 Å². The molecule has 2 saturated heterocycles. The van der Waals surface area contributed by atoms with E-state index in [9.17, 15) is 5.11 Å². The molecule has 6 nitrogen and oxygen atoms in total. The van der Waals surface area contributed by atoms with E-state index in [2.05, 4.69) is 78.3 Å². The minimum atomic E-state index is 0.0680. The summed E-state index contributed by atoms with van der Waals surface area (Å²) in [5.41, 5.74) is 2.84. The van der Waals surface area contributed by atoms with Crippen LogP contribution >= 0.6 is 0 Å². The molecule has 2 aromatic carbocycles. The van der Waals surface area contributed by atoms with Crippen molar-refractivity contribution in [3.63, 3.8) is 0 Å². The molecule has 1 aromatic heterocycles. The van der Waals surface area contributed by atoms with E-state index in [4.69, 9.17) is 0 Å². The highest BCUT2D eigenvalue weighted by atomic mass is 16.3. The Morgan fingerprint density at radius 3 is 2.31 bits per heavy atom. The molecule has 0 bridgehead atoms. The van der Waals surface area contributed by atoms with Gasteiger partial charge in [0.15, 0.2) is 5.82 Å². The highest BCUT2D eigenvalue weighted by Crippen LogP contribution is 2.35. The Hall–Kier alpha value is -2.70. The molecule has 6 heteroatoms. The summed E-state index contributed by atoms with van der Waals surface area (Å²) in [5.74, 6) is 1.11. The van der Waals surface area contributed by atoms with Gasteiger partial charge in [0.25, 0.3) is 0 Å². The van der Waals surface area contributed by atoms with Crippen LogP contribution in [-0.2, 0) is 6.54 Å². The molecular weight excluding hydrogens is 446 g/mol. The number of likely N-dealkylation sites (tertiary alicyclic amines) is 1.